The second-order valence-corrected chi connectivity index (χ2v) is 9.07. The van der Waals surface area contributed by atoms with Gasteiger partial charge in [0, 0.05) is 31.4 Å². The molecule has 1 fully saturated rings. The molecule has 1 atom stereocenters. The van der Waals surface area contributed by atoms with E-state index in [1.165, 1.54) is 12.1 Å². The van der Waals surface area contributed by atoms with Gasteiger partial charge >= 0.3 is 0 Å². The molecule has 4 rings (SSSR count). The lowest BCUT2D eigenvalue weighted by Crippen LogP contribution is -2.57. The SMILES string of the molecule is CC(C)(NC(=O)Cc1cccc(F)c1)C(=O)N1CCOC[C@H](Cc2cccn3nccc23)C1. The van der Waals surface area contributed by atoms with Gasteiger partial charge in [-0.2, -0.15) is 5.10 Å². The van der Waals surface area contributed by atoms with Crippen LogP contribution in [-0.4, -0.2) is 58.2 Å². The van der Waals surface area contributed by atoms with Crippen molar-refractivity contribution >= 4 is 17.3 Å². The summed E-state index contributed by atoms with van der Waals surface area (Å²) in [6.45, 7) is 5.42. The molecule has 0 aliphatic carbocycles. The van der Waals surface area contributed by atoms with Crippen LogP contribution >= 0.6 is 0 Å². The number of nitrogens with one attached hydrogen (secondary N) is 1. The van der Waals surface area contributed by atoms with Crippen LogP contribution in [0.1, 0.15) is 25.0 Å². The minimum absolute atomic E-state index is 0.00949. The van der Waals surface area contributed by atoms with E-state index in [1.807, 2.05) is 22.8 Å². The average Bonchev–Trinajstić information content (AvgIpc) is 3.13. The van der Waals surface area contributed by atoms with Gasteiger partial charge in [0.25, 0.3) is 0 Å². The molecule has 1 aromatic carbocycles. The van der Waals surface area contributed by atoms with Crippen molar-refractivity contribution in [3.63, 3.8) is 0 Å². The molecular weight excluding hydrogens is 423 g/mol. The molecule has 1 aliphatic rings. The number of aromatic nitrogens is 2. The van der Waals surface area contributed by atoms with Gasteiger partial charge in [-0.05, 0) is 55.7 Å². The third kappa shape index (κ3) is 5.57. The molecule has 3 aromatic rings. The van der Waals surface area contributed by atoms with Gasteiger partial charge in [-0.3, -0.25) is 9.59 Å². The summed E-state index contributed by atoms with van der Waals surface area (Å²) in [5, 5.41) is 7.11. The maximum atomic E-state index is 13.4. The summed E-state index contributed by atoms with van der Waals surface area (Å²) in [7, 11) is 0. The van der Waals surface area contributed by atoms with E-state index in [0.717, 1.165) is 17.5 Å². The zero-order valence-corrected chi connectivity index (χ0v) is 19.0. The first-order chi connectivity index (χ1) is 15.8. The van der Waals surface area contributed by atoms with Crippen LogP contribution in [-0.2, 0) is 27.2 Å². The van der Waals surface area contributed by atoms with Crippen LogP contribution in [0.4, 0.5) is 4.39 Å². The number of pyridine rings is 1. The van der Waals surface area contributed by atoms with E-state index in [0.29, 0.717) is 31.9 Å². The summed E-state index contributed by atoms with van der Waals surface area (Å²) in [5.74, 6) is -0.753. The maximum Gasteiger partial charge on any atom is 0.247 e. The largest absolute Gasteiger partial charge is 0.379 e. The lowest BCUT2D eigenvalue weighted by Gasteiger charge is -2.33. The van der Waals surface area contributed by atoms with Crippen molar-refractivity contribution in [1.82, 2.24) is 19.8 Å². The van der Waals surface area contributed by atoms with Crippen LogP contribution in [0.5, 0.6) is 0 Å². The Bertz CT molecular complexity index is 1140. The molecule has 7 nitrogen and oxygen atoms in total. The third-order valence-corrected chi connectivity index (χ3v) is 5.90. The number of carbonyl (C=O) groups excluding carboxylic acids is 2. The highest BCUT2D eigenvalue weighted by Gasteiger charge is 2.35. The summed E-state index contributed by atoms with van der Waals surface area (Å²) in [4.78, 5) is 27.7. The van der Waals surface area contributed by atoms with Gasteiger partial charge in [-0.1, -0.05) is 18.2 Å². The summed E-state index contributed by atoms with van der Waals surface area (Å²) in [5.41, 5.74) is 1.67. The molecule has 3 heterocycles. The molecule has 1 aliphatic heterocycles. The van der Waals surface area contributed by atoms with E-state index in [9.17, 15) is 14.0 Å². The van der Waals surface area contributed by atoms with Gasteiger partial charge in [-0.15, -0.1) is 0 Å². The summed E-state index contributed by atoms with van der Waals surface area (Å²) >= 11 is 0. The molecule has 0 bridgehead atoms. The standard InChI is InChI=1S/C25H29FN4O3/c1-25(2,28-23(31)15-18-5-3-7-21(26)14-18)24(32)29-11-12-33-17-19(16-29)13-20-6-4-10-30-22(20)8-9-27-30/h3-10,14,19H,11-13,15-17H2,1-2H3,(H,28,31)/t19-/m1/s1. The van der Waals surface area contributed by atoms with Crippen molar-refractivity contribution in [3.8, 4) is 0 Å². The van der Waals surface area contributed by atoms with Crippen molar-refractivity contribution in [3.05, 3.63) is 71.8 Å². The number of hydrogen-bond acceptors (Lipinski definition) is 4. The predicted octanol–water partition coefficient (Wildman–Crippen LogP) is 2.63. The first-order valence-corrected chi connectivity index (χ1v) is 11.2. The monoisotopic (exact) mass is 452 g/mol. The molecule has 1 N–H and O–H groups in total. The minimum atomic E-state index is -1.09. The van der Waals surface area contributed by atoms with Crippen LogP contribution < -0.4 is 5.32 Å². The Morgan fingerprint density at radius 3 is 2.91 bits per heavy atom. The molecular formula is C25H29FN4O3. The maximum absolute atomic E-state index is 13.4. The molecule has 1 saturated heterocycles. The molecule has 33 heavy (non-hydrogen) atoms. The molecule has 174 valence electrons. The van der Waals surface area contributed by atoms with Gasteiger partial charge in [0.05, 0.1) is 25.2 Å². The number of halogens is 1. The van der Waals surface area contributed by atoms with E-state index < -0.39 is 11.4 Å². The molecule has 0 radical (unpaired) electrons. The fourth-order valence-corrected chi connectivity index (χ4v) is 4.36. The number of rotatable bonds is 6. The lowest BCUT2D eigenvalue weighted by molar-refractivity contribution is -0.140. The highest BCUT2D eigenvalue weighted by molar-refractivity contribution is 5.91. The van der Waals surface area contributed by atoms with Crippen molar-refractivity contribution in [1.29, 1.82) is 0 Å². The Labute approximate surface area is 192 Å². The van der Waals surface area contributed by atoms with Crippen LogP contribution in [0.15, 0.2) is 54.9 Å². The lowest BCUT2D eigenvalue weighted by atomic mass is 9.97. The summed E-state index contributed by atoms with van der Waals surface area (Å²) in [6, 6.07) is 11.9. The van der Waals surface area contributed by atoms with Crippen LogP contribution in [0.3, 0.4) is 0 Å². The Hall–Kier alpha value is -3.26. The Morgan fingerprint density at radius 2 is 2.09 bits per heavy atom. The Morgan fingerprint density at radius 1 is 1.24 bits per heavy atom. The average molecular weight is 453 g/mol. The quantitative estimate of drug-likeness (QED) is 0.624. The zero-order valence-electron chi connectivity index (χ0n) is 19.0. The van der Waals surface area contributed by atoms with Crippen molar-refractivity contribution in [2.75, 3.05) is 26.3 Å². The highest BCUT2D eigenvalue weighted by Crippen LogP contribution is 2.20. The molecule has 2 amide bonds. The second-order valence-electron chi connectivity index (χ2n) is 9.07. The van der Waals surface area contributed by atoms with E-state index in [2.05, 4.69) is 16.5 Å². The Kier molecular flexibility index (Phi) is 6.74. The number of hydrogen-bond donors (Lipinski definition) is 1. The normalized spacial score (nSPS) is 17.1. The topological polar surface area (TPSA) is 75.9 Å². The van der Waals surface area contributed by atoms with Crippen molar-refractivity contribution in [2.45, 2.75) is 32.2 Å². The molecule has 0 saturated carbocycles. The van der Waals surface area contributed by atoms with Crippen molar-refractivity contribution in [2.24, 2.45) is 5.92 Å². The van der Waals surface area contributed by atoms with Crippen molar-refractivity contribution < 1.29 is 18.7 Å². The van der Waals surface area contributed by atoms with Gasteiger partial charge in [-0.25, -0.2) is 8.91 Å². The van der Waals surface area contributed by atoms with Gasteiger partial charge in [0.15, 0.2) is 0 Å². The number of benzene rings is 1. The second kappa shape index (κ2) is 9.70. The van der Waals surface area contributed by atoms with Crippen LogP contribution in [0.2, 0.25) is 0 Å². The van der Waals surface area contributed by atoms with Gasteiger partial charge in [0.2, 0.25) is 11.8 Å². The number of carbonyl (C=O) groups is 2. The Balaban J connectivity index is 1.41. The molecule has 0 unspecified atom stereocenters. The first-order valence-electron chi connectivity index (χ1n) is 11.2. The number of amides is 2. The smallest absolute Gasteiger partial charge is 0.247 e. The highest BCUT2D eigenvalue weighted by atomic mass is 19.1. The summed E-state index contributed by atoms with van der Waals surface area (Å²) in [6.07, 6.45) is 4.45. The fourth-order valence-electron chi connectivity index (χ4n) is 4.36. The van der Waals surface area contributed by atoms with Crippen LogP contribution in [0.25, 0.3) is 5.52 Å². The van der Waals surface area contributed by atoms with E-state index >= 15 is 0 Å². The summed E-state index contributed by atoms with van der Waals surface area (Å²) < 4.78 is 21.1. The number of ether oxygens (including phenoxy) is 1. The van der Waals surface area contributed by atoms with E-state index in [1.54, 1.807) is 37.1 Å². The molecule has 2 aromatic heterocycles. The van der Waals surface area contributed by atoms with Gasteiger partial charge < -0.3 is 15.0 Å². The van der Waals surface area contributed by atoms with Gasteiger partial charge in [0.1, 0.15) is 11.4 Å². The third-order valence-electron chi connectivity index (χ3n) is 5.90. The number of nitrogens with zero attached hydrogens (tertiary/aromatic N) is 3. The molecule has 8 heteroatoms. The number of fused-ring (bicyclic) bond motifs is 1. The zero-order chi connectivity index (χ0) is 23.4. The molecule has 0 spiro atoms. The van der Waals surface area contributed by atoms with Crippen LogP contribution in [0, 0.1) is 11.7 Å². The first kappa shape index (κ1) is 22.9. The van der Waals surface area contributed by atoms with E-state index in [-0.39, 0.29) is 24.2 Å². The predicted molar refractivity (Wildman–Crippen MR) is 122 cm³/mol. The minimum Gasteiger partial charge on any atom is -0.379 e. The fraction of sp³-hybridized carbons (Fsp3) is 0.400. The van der Waals surface area contributed by atoms with E-state index in [4.69, 9.17) is 4.74 Å².